The van der Waals surface area contributed by atoms with Crippen LogP contribution < -0.4 is 20.1 Å². The van der Waals surface area contributed by atoms with E-state index in [4.69, 9.17) is 9.47 Å². The summed E-state index contributed by atoms with van der Waals surface area (Å²) in [6.45, 7) is 0.291. The van der Waals surface area contributed by atoms with Crippen molar-refractivity contribution in [2.24, 2.45) is 7.05 Å². The normalized spacial score (nSPS) is 10.3. The number of hydrogen-bond acceptors (Lipinski definition) is 5. The Morgan fingerprint density at radius 3 is 2.63 bits per heavy atom. The molecule has 1 aromatic carbocycles. The molecule has 27 heavy (non-hydrogen) atoms. The standard InChI is InChI=1S/C19H21N5O3/c1-24-16(15-6-4-5-9-20-15)10-14(23-24)12-21-19(25)22-13-7-8-17(26-2)18(11-13)27-3/h4-11H,12H2,1-3H3,(H2,21,22,25). The van der Waals surface area contributed by atoms with Crippen LogP contribution in [-0.2, 0) is 13.6 Å². The number of amides is 2. The van der Waals surface area contributed by atoms with Crippen LogP contribution in [0, 0.1) is 0 Å². The van der Waals surface area contributed by atoms with E-state index < -0.39 is 0 Å². The largest absolute Gasteiger partial charge is 0.493 e. The molecular weight excluding hydrogens is 346 g/mol. The van der Waals surface area contributed by atoms with Crippen molar-refractivity contribution in [3.8, 4) is 22.9 Å². The average molecular weight is 367 g/mol. The molecule has 0 radical (unpaired) electrons. The number of aryl methyl sites for hydroxylation is 1. The SMILES string of the molecule is COc1ccc(NC(=O)NCc2cc(-c3ccccn3)n(C)n2)cc1OC. The van der Waals surface area contributed by atoms with E-state index in [9.17, 15) is 4.79 Å². The number of nitrogens with zero attached hydrogens (tertiary/aromatic N) is 3. The van der Waals surface area contributed by atoms with Crippen LogP contribution >= 0.6 is 0 Å². The lowest BCUT2D eigenvalue weighted by Crippen LogP contribution is -2.28. The molecule has 0 fully saturated rings. The molecule has 3 rings (SSSR count). The number of urea groups is 1. The van der Waals surface area contributed by atoms with E-state index in [2.05, 4.69) is 20.7 Å². The van der Waals surface area contributed by atoms with Gasteiger partial charge in [-0.1, -0.05) is 6.07 Å². The van der Waals surface area contributed by atoms with Gasteiger partial charge >= 0.3 is 6.03 Å². The average Bonchev–Trinajstić information content (AvgIpc) is 3.07. The van der Waals surface area contributed by atoms with Crippen molar-refractivity contribution in [1.29, 1.82) is 0 Å². The fourth-order valence-corrected chi connectivity index (χ4v) is 2.63. The molecule has 0 atom stereocenters. The second kappa shape index (κ2) is 8.22. The number of methoxy groups -OCH3 is 2. The van der Waals surface area contributed by atoms with Gasteiger partial charge in [-0.05, 0) is 30.3 Å². The van der Waals surface area contributed by atoms with Crippen molar-refractivity contribution >= 4 is 11.7 Å². The molecule has 2 amide bonds. The Labute approximate surface area is 157 Å². The van der Waals surface area contributed by atoms with E-state index >= 15 is 0 Å². The topological polar surface area (TPSA) is 90.3 Å². The minimum Gasteiger partial charge on any atom is -0.493 e. The summed E-state index contributed by atoms with van der Waals surface area (Å²) in [5.74, 6) is 1.14. The fourth-order valence-electron chi connectivity index (χ4n) is 2.63. The summed E-state index contributed by atoms with van der Waals surface area (Å²) >= 11 is 0. The van der Waals surface area contributed by atoms with Gasteiger partial charge < -0.3 is 20.1 Å². The van der Waals surface area contributed by atoms with Crippen molar-refractivity contribution < 1.29 is 14.3 Å². The Balaban J connectivity index is 1.61. The number of rotatable bonds is 6. The van der Waals surface area contributed by atoms with Crippen LogP contribution in [0.3, 0.4) is 0 Å². The van der Waals surface area contributed by atoms with Crippen molar-refractivity contribution in [2.75, 3.05) is 19.5 Å². The van der Waals surface area contributed by atoms with Crippen molar-refractivity contribution in [3.63, 3.8) is 0 Å². The summed E-state index contributed by atoms with van der Waals surface area (Å²) in [5, 5.41) is 9.96. The first kappa shape index (κ1) is 18.2. The Kier molecular flexibility index (Phi) is 5.55. The number of anilines is 1. The molecule has 0 aliphatic rings. The Morgan fingerprint density at radius 1 is 1.11 bits per heavy atom. The van der Waals surface area contributed by atoms with Crippen molar-refractivity contribution in [1.82, 2.24) is 20.1 Å². The molecule has 0 saturated heterocycles. The molecule has 0 aliphatic heterocycles. The molecule has 0 saturated carbocycles. The van der Waals surface area contributed by atoms with Crippen LogP contribution in [0.15, 0.2) is 48.7 Å². The monoisotopic (exact) mass is 367 g/mol. The van der Waals surface area contributed by atoms with Crippen LogP contribution in [0.2, 0.25) is 0 Å². The summed E-state index contributed by atoms with van der Waals surface area (Å²) < 4.78 is 12.2. The van der Waals surface area contributed by atoms with Gasteiger partial charge in [0.15, 0.2) is 11.5 Å². The highest BCUT2D eigenvalue weighted by Crippen LogP contribution is 2.29. The fraction of sp³-hybridized carbons (Fsp3) is 0.211. The first-order valence-electron chi connectivity index (χ1n) is 8.32. The van der Waals surface area contributed by atoms with Gasteiger partial charge in [-0.25, -0.2) is 4.79 Å². The summed E-state index contributed by atoms with van der Waals surface area (Å²) in [4.78, 5) is 16.5. The lowest BCUT2D eigenvalue weighted by Gasteiger charge is -2.11. The number of ether oxygens (including phenoxy) is 2. The van der Waals surface area contributed by atoms with E-state index in [-0.39, 0.29) is 6.03 Å². The van der Waals surface area contributed by atoms with E-state index in [0.29, 0.717) is 23.7 Å². The van der Waals surface area contributed by atoms with E-state index in [0.717, 1.165) is 17.1 Å². The van der Waals surface area contributed by atoms with Crippen molar-refractivity contribution in [2.45, 2.75) is 6.54 Å². The lowest BCUT2D eigenvalue weighted by atomic mass is 10.2. The molecule has 140 valence electrons. The van der Waals surface area contributed by atoms with Crippen LogP contribution in [0.25, 0.3) is 11.4 Å². The van der Waals surface area contributed by atoms with Crippen LogP contribution in [0.5, 0.6) is 11.5 Å². The highest BCUT2D eigenvalue weighted by Gasteiger charge is 2.10. The maximum absolute atomic E-state index is 12.2. The number of benzene rings is 1. The highest BCUT2D eigenvalue weighted by atomic mass is 16.5. The zero-order valence-corrected chi connectivity index (χ0v) is 15.4. The number of carbonyl (C=O) groups excluding carboxylic acids is 1. The molecule has 0 unspecified atom stereocenters. The van der Waals surface area contributed by atoms with Crippen molar-refractivity contribution in [3.05, 3.63) is 54.4 Å². The quantitative estimate of drug-likeness (QED) is 0.699. The van der Waals surface area contributed by atoms with E-state index in [1.165, 1.54) is 0 Å². The molecule has 2 heterocycles. The maximum Gasteiger partial charge on any atom is 0.319 e. The smallest absolute Gasteiger partial charge is 0.319 e. The van der Waals surface area contributed by atoms with E-state index in [1.807, 2.05) is 31.3 Å². The third-order valence-corrected chi connectivity index (χ3v) is 3.93. The molecular formula is C19H21N5O3. The molecule has 3 aromatic rings. The molecule has 2 aromatic heterocycles. The Hall–Kier alpha value is -3.55. The minimum absolute atomic E-state index is 0.291. The van der Waals surface area contributed by atoms with Gasteiger partial charge in [0.1, 0.15) is 0 Å². The number of carbonyl (C=O) groups is 1. The first-order valence-corrected chi connectivity index (χ1v) is 8.32. The third-order valence-electron chi connectivity index (χ3n) is 3.93. The zero-order valence-electron chi connectivity index (χ0n) is 15.4. The van der Waals surface area contributed by atoms with Gasteiger partial charge in [-0.15, -0.1) is 0 Å². The number of nitrogens with one attached hydrogen (secondary N) is 2. The van der Waals surface area contributed by atoms with Gasteiger partial charge in [0.05, 0.1) is 37.8 Å². The second-order valence-electron chi connectivity index (χ2n) is 5.74. The van der Waals surface area contributed by atoms with Gasteiger partial charge in [-0.3, -0.25) is 9.67 Å². The van der Waals surface area contributed by atoms with Crippen LogP contribution in [0.1, 0.15) is 5.69 Å². The van der Waals surface area contributed by atoms with Gasteiger partial charge in [0.2, 0.25) is 0 Å². The van der Waals surface area contributed by atoms with Gasteiger partial charge in [0, 0.05) is 25.0 Å². The molecule has 0 bridgehead atoms. The second-order valence-corrected chi connectivity index (χ2v) is 5.74. The number of aromatic nitrogens is 3. The van der Waals surface area contributed by atoms with E-state index in [1.54, 1.807) is 43.3 Å². The molecule has 0 aliphatic carbocycles. The lowest BCUT2D eigenvalue weighted by molar-refractivity contribution is 0.251. The Morgan fingerprint density at radius 2 is 1.93 bits per heavy atom. The highest BCUT2D eigenvalue weighted by molar-refractivity contribution is 5.89. The molecule has 2 N–H and O–H groups in total. The summed E-state index contributed by atoms with van der Waals surface area (Å²) in [6.07, 6.45) is 1.73. The van der Waals surface area contributed by atoms with Crippen LogP contribution in [0.4, 0.5) is 10.5 Å². The summed E-state index contributed by atoms with van der Waals surface area (Å²) in [7, 11) is 4.95. The molecule has 8 nitrogen and oxygen atoms in total. The predicted molar refractivity (Wildman–Crippen MR) is 102 cm³/mol. The molecule has 8 heteroatoms. The minimum atomic E-state index is -0.341. The van der Waals surface area contributed by atoms with Gasteiger partial charge in [-0.2, -0.15) is 5.10 Å². The van der Waals surface area contributed by atoms with Crippen LogP contribution in [-0.4, -0.2) is 35.0 Å². The Bertz CT molecular complexity index is 924. The number of hydrogen-bond donors (Lipinski definition) is 2. The number of pyridine rings is 1. The zero-order chi connectivity index (χ0) is 19.2. The molecule has 0 spiro atoms. The first-order chi connectivity index (χ1) is 13.1. The summed E-state index contributed by atoms with van der Waals surface area (Å²) in [6, 6.07) is 12.4. The third kappa shape index (κ3) is 4.35. The maximum atomic E-state index is 12.2. The summed E-state index contributed by atoms with van der Waals surface area (Å²) in [5.41, 5.74) is 3.04. The van der Waals surface area contributed by atoms with Gasteiger partial charge in [0.25, 0.3) is 0 Å². The predicted octanol–water partition coefficient (Wildman–Crippen LogP) is 2.82.